The van der Waals surface area contributed by atoms with Gasteiger partial charge in [0.25, 0.3) is 11.8 Å². The molecule has 0 unspecified atom stereocenters. The SMILES string of the molecule is CC(=O)Nc1ccccc1C(=O)Nc1ccc(C(=O)Nc2c(C)n[nH]c2C)cc1. The van der Waals surface area contributed by atoms with Crippen molar-refractivity contribution in [3.05, 3.63) is 71.0 Å². The Kier molecular flexibility index (Phi) is 5.73. The van der Waals surface area contributed by atoms with E-state index in [1.807, 2.05) is 6.92 Å². The van der Waals surface area contributed by atoms with Crippen molar-refractivity contribution in [2.45, 2.75) is 20.8 Å². The van der Waals surface area contributed by atoms with Crippen molar-refractivity contribution in [1.82, 2.24) is 10.2 Å². The first-order valence-electron chi connectivity index (χ1n) is 8.96. The molecule has 2 aromatic carbocycles. The van der Waals surface area contributed by atoms with Gasteiger partial charge < -0.3 is 16.0 Å². The van der Waals surface area contributed by atoms with Crippen LogP contribution in [0.2, 0.25) is 0 Å². The van der Waals surface area contributed by atoms with Gasteiger partial charge >= 0.3 is 0 Å². The number of aromatic amines is 1. The maximum atomic E-state index is 12.6. The third-order valence-corrected chi connectivity index (χ3v) is 4.25. The van der Waals surface area contributed by atoms with E-state index in [9.17, 15) is 14.4 Å². The first kappa shape index (κ1) is 19.8. The number of aryl methyl sites for hydroxylation is 2. The summed E-state index contributed by atoms with van der Waals surface area (Å²) in [4.78, 5) is 36.3. The summed E-state index contributed by atoms with van der Waals surface area (Å²) in [6.07, 6.45) is 0. The standard InChI is InChI=1S/C21H21N5O3/c1-12-19(13(2)26-25-12)24-20(28)15-8-10-16(11-9-15)23-21(29)17-6-4-5-7-18(17)22-14(3)27/h4-11H,1-3H3,(H,22,27)(H,23,29)(H,24,28)(H,25,26). The van der Waals surface area contributed by atoms with Gasteiger partial charge in [-0.15, -0.1) is 0 Å². The van der Waals surface area contributed by atoms with Crippen LogP contribution in [0.15, 0.2) is 48.5 Å². The minimum Gasteiger partial charge on any atom is -0.326 e. The van der Waals surface area contributed by atoms with Crippen LogP contribution in [0.1, 0.15) is 39.0 Å². The van der Waals surface area contributed by atoms with Crippen molar-refractivity contribution in [2.75, 3.05) is 16.0 Å². The summed E-state index contributed by atoms with van der Waals surface area (Å²) >= 11 is 0. The number of H-pyrrole nitrogens is 1. The molecule has 4 N–H and O–H groups in total. The molecule has 0 bridgehead atoms. The molecule has 0 radical (unpaired) electrons. The summed E-state index contributed by atoms with van der Waals surface area (Å²) in [5.41, 5.74) is 3.88. The normalized spacial score (nSPS) is 10.3. The Morgan fingerprint density at radius 1 is 0.862 bits per heavy atom. The van der Waals surface area contributed by atoms with Gasteiger partial charge in [-0.2, -0.15) is 5.10 Å². The summed E-state index contributed by atoms with van der Waals surface area (Å²) in [6.45, 7) is 5.01. The molecule has 0 saturated heterocycles. The molecular weight excluding hydrogens is 370 g/mol. The first-order valence-corrected chi connectivity index (χ1v) is 8.96. The molecule has 8 heteroatoms. The highest BCUT2D eigenvalue weighted by Gasteiger charge is 2.14. The fourth-order valence-corrected chi connectivity index (χ4v) is 2.80. The second-order valence-electron chi connectivity index (χ2n) is 6.52. The number of hydrogen-bond acceptors (Lipinski definition) is 4. The Bertz CT molecular complexity index is 1050. The third kappa shape index (κ3) is 4.67. The number of amides is 3. The average molecular weight is 391 g/mol. The zero-order valence-corrected chi connectivity index (χ0v) is 16.3. The maximum absolute atomic E-state index is 12.6. The molecule has 29 heavy (non-hydrogen) atoms. The highest BCUT2D eigenvalue weighted by Crippen LogP contribution is 2.20. The molecule has 0 aliphatic rings. The number of nitrogens with zero attached hydrogens (tertiary/aromatic N) is 1. The van der Waals surface area contributed by atoms with Crippen molar-refractivity contribution < 1.29 is 14.4 Å². The lowest BCUT2D eigenvalue weighted by Crippen LogP contribution is -2.17. The van der Waals surface area contributed by atoms with E-state index in [0.717, 1.165) is 5.69 Å². The lowest BCUT2D eigenvalue weighted by Gasteiger charge is -2.11. The van der Waals surface area contributed by atoms with Gasteiger partial charge in [0.2, 0.25) is 5.91 Å². The molecule has 3 amide bonds. The van der Waals surface area contributed by atoms with Crippen LogP contribution in [-0.2, 0) is 4.79 Å². The molecular formula is C21H21N5O3. The topological polar surface area (TPSA) is 116 Å². The Hall–Kier alpha value is -3.94. The van der Waals surface area contributed by atoms with Crippen molar-refractivity contribution >= 4 is 34.8 Å². The number of aromatic nitrogens is 2. The Balaban J connectivity index is 1.70. The van der Waals surface area contributed by atoms with E-state index in [0.29, 0.717) is 33.9 Å². The highest BCUT2D eigenvalue weighted by molar-refractivity contribution is 6.10. The molecule has 0 aliphatic carbocycles. The average Bonchev–Trinajstić information content (AvgIpc) is 3.00. The predicted octanol–water partition coefficient (Wildman–Crippen LogP) is 3.49. The van der Waals surface area contributed by atoms with Crippen LogP contribution in [0, 0.1) is 13.8 Å². The molecule has 0 atom stereocenters. The van der Waals surface area contributed by atoms with Crippen LogP contribution in [0.4, 0.5) is 17.1 Å². The number of nitrogens with one attached hydrogen (secondary N) is 4. The minimum absolute atomic E-state index is 0.260. The van der Waals surface area contributed by atoms with Crippen molar-refractivity contribution in [1.29, 1.82) is 0 Å². The predicted molar refractivity (Wildman–Crippen MR) is 111 cm³/mol. The number of rotatable bonds is 5. The third-order valence-electron chi connectivity index (χ3n) is 4.25. The second kappa shape index (κ2) is 8.39. The lowest BCUT2D eigenvalue weighted by molar-refractivity contribution is -0.114. The second-order valence-corrected chi connectivity index (χ2v) is 6.52. The molecule has 1 heterocycles. The van der Waals surface area contributed by atoms with Crippen LogP contribution in [-0.4, -0.2) is 27.9 Å². The van der Waals surface area contributed by atoms with Crippen LogP contribution in [0.25, 0.3) is 0 Å². The molecule has 0 aliphatic heterocycles. The van der Waals surface area contributed by atoms with Gasteiger partial charge in [-0.3, -0.25) is 19.5 Å². The highest BCUT2D eigenvalue weighted by atomic mass is 16.2. The van der Waals surface area contributed by atoms with Gasteiger partial charge in [-0.1, -0.05) is 12.1 Å². The smallest absolute Gasteiger partial charge is 0.257 e. The van der Waals surface area contributed by atoms with E-state index in [-0.39, 0.29) is 17.7 Å². The number of benzene rings is 2. The van der Waals surface area contributed by atoms with Gasteiger partial charge in [-0.25, -0.2) is 0 Å². The van der Waals surface area contributed by atoms with E-state index in [2.05, 4.69) is 26.1 Å². The van der Waals surface area contributed by atoms with Crippen LogP contribution in [0.3, 0.4) is 0 Å². The minimum atomic E-state index is -0.365. The number of carbonyl (C=O) groups is 3. The molecule has 0 fully saturated rings. The monoisotopic (exact) mass is 391 g/mol. The molecule has 148 valence electrons. The van der Waals surface area contributed by atoms with Crippen LogP contribution >= 0.6 is 0 Å². The van der Waals surface area contributed by atoms with E-state index in [4.69, 9.17) is 0 Å². The largest absolute Gasteiger partial charge is 0.326 e. The summed E-state index contributed by atoms with van der Waals surface area (Å²) in [5, 5.41) is 15.1. The number of hydrogen-bond donors (Lipinski definition) is 4. The summed E-state index contributed by atoms with van der Waals surface area (Å²) in [5.74, 6) is -0.897. The molecule has 0 saturated carbocycles. The molecule has 3 rings (SSSR count). The molecule has 1 aromatic heterocycles. The fraction of sp³-hybridized carbons (Fsp3) is 0.143. The van der Waals surface area contributed by atoms with E-state index >= 15 is 0 Å². The van der Waals surface area contributed by atoms with Gasteiger partial charge in [0.1, 0.15) is 0 Å². The first-order chi connectivity index (χ1) is 13.8. The van der Waals surface area contributed by atoms with E-state index < -0.39 is 0 Å². The van der Waals surface area contributed by atoms with E-state index in [1.165, 1.54) is 6.92 Å². The summed E-state index contributed by atoms with van der Waals surface area (Å²) in [6, 6.07) is 13.3. The van der Waals surface area contributed by atoms with Gasteiger partial charge in [0.15, 0.2) is 0 Å². The van der Waals surface area contributed by atoms with Crippen LogP contribution < -0.4 is 16.0 Å². The van der Waals surface area contributed by atoms with Crippen molar-refractivity contribution in [3.8, 4) is 0 Å². The van der Waals surface area contributed by atoms with Crippen molar-refractivity contribution in [3.63, 3.8) is 0 Å². The Morgan fingerprint density at radius 3 is 2.17 bits per heavy atom. The summed E-state index contributed by atoms with van der Waals surface area (Å²) < 4.78 is 0. The van der Waals surface area contributed by atoms with E-state index in [1.54, 1.807) is 55.5 Å². The summed E-state index contributed by atoms with van der Waals surface area (Å²) in [7, 11) is 0. The number of anilines is 3. The lowest BCUT2D eigenvalue weighted by atomic mass is 10.1. The molecule has 0 spiro atoms. The van der Waals surface area contributed by atoms with Gasteiger partial charge in [-0.05, 0) is 50.2 Å². The molecule has 3 aromatic rings. The van der Waals surface area contributed by atoms with Gasteiger partial charge in [0.05, 0.1) is 28.3 Å². The molecule has 8 nitrogen and oxygen atoms in total. The fourth-order valence-electron chi connectivity index (χ4n) is 2.80. The van der Waals surface area contributed by atoms with Gasteiger partial charge in [0, 0.05) is 18.2 Å². The number of carbonyl (C=O) groups excluding carboxylic acids is 3. The number of para-hydroxylation sites is 1. The zero-order valence-electron chi connectivity index (χ0n) is 16.3. The quantitative estimate of drug-likeness (QED) is 0.533. The Labute approximate surface area is 167 Å². The maximum Gasteiger partial charge on any atom is 0.257 e. The van der Waals surface area contributed by atoms with Crippen LogP contribution in [0.5, 0.6) is 0 Å². The van der Waals surface area contributed by atoms with Crippen molar-refractivity contribution in [2.24, 2.45) is 0 Å². The Morgan fingerprint density at radius 2 is 1.55 bits per heavy atom. The zero-order chi connectivity index (χ0) is 21.0.